The van der Waals surface area contributed by atoms with Crippen LogP contribution in [-0.4, -0.2) is 23.5 Å². The number of ketones is 1. The van der Waals surface area contributed by atoms with E-state index in [-0.39, 0.29) is 29.6 Å². The average molecular weight is 377 g/mol. The van der Waals surface area contributed by atoms with E-state index in [0.717, 1.165) is 11.3 Å². The second-order valence-corrected chi connectivity index (χ2v) is 7.93. The van der Waals surface area contributed by atoms with E-state index >= 15 is 0 Å². The summed E-state index contributed by atoms with van der Waals surface area (Å²) in [4.78, 5) is 24.3. The summed E-state index contributed by atoms with van der Waals surface area (Å²) in [6.45, 7) is 7.69. The maximum atomic E-state index is 12.2. The fourth-order valence-electron chi connectivity index (χ4n) is 2.95. The van der Waals surface area contributed by atoms with Gasteiger partial charge in [-0.3, -0.25) is 14.9 Å². The number of rotatable bonds is 4. The normalized spacial score (nSPS) is 16.5. The number of nitrogens with one attached hydrogen (secondary N) is 1. The molecule has 1 aromatic heterocycles. The maximum absolute atomic E-state index is 12.2. The third kappa shape index (κ3) is 3.60. The molecule has 1 amide bonds. The highest BCUT2D eigenvalue weighted by Crippen LogP contribution is 2.42. The van der Waals surface area contributed by atoms with Crippen molar-refractivity contribution in [1.82, 2.24) is 5.16 Å². The molecule has 0 radical (unpaired) electrons. The van der Waals surface area contributed by atoms with Crippen LogP contribution >= 0.6 is 11.6 Å². The SMILES string of the molecule is C[C@@H]1CC(=O)c2c(OCC(=O)Nc3cc(C(C)(C)C)no3)ccc(Cl)c21. The highest BCUT2D eigenvalue weighted by molar-refractivity contribution is 6.32. The van der Waals surface area contributed by atoms with E-state index in [1.807, 2.05) is 27.7 Å². The first-order valence-corrected chi connectivity index (χ1v) is 8.80. The Labute approximate surface area is 156 Å². The van der Waals surface area contributed by atoms with Gasteiger partial charge in [-0.2, -0.15) is 0 Å². The second kappa shape index (κ2) is 6.76. The predicted octanol–water partition coefficient (Wildman–Crippen LogP) is 4.33. The molecule has 0 saturated heterocycles. The zero-order valence-corrected chi connectivity index (χ0v) is 15.9. The second-order valence-electron chi connectivity index (χ2n) is 7.53. The van der Waals surface area contributed by atoms with Gasteiger partial charge in [0.05, 0.1) is 11.3 Å². The molecular weight excluding hydrogens is 356 g/mol. The molecular formula is C19H21ClN2O4. The number of Topliss-reactive ketones (excluding diaryl/α,β-unsaturated/α-hetero) is 1. The fraction of sp³-hybridized carbons (Fsp3) is 0.421. The van der Waals surface area contributed by atoms with Gasteiger partial charge in [-0.1, -0.05) is 44.5 Å². The Morgan fingerprint density at radius 3 is 2.81 bits per heavy atom. The van der Waals surface area contributed by atoms with Gasteiger partial charge in [-0.05, 0) is 23.6 Å². The van der Waals surface area contributed by atoms with Crippen molar-refractivity contribution in [1.29, 1.82) is 0 Å². The first-order valence-electron chi connectivity index (χ1n) is 8.42. The van der Waals surface area contributed by atoms with Crippen molar-refractivity contribution in [2.75, 3.05) is 11.9 Å². The molecule has 1 aliphatic carbocycles. The smallest absolute Gasteiger partial charge is 0.264 e. The summed E-state index contributed by atoms with van der Waals surface area (Å²) in [6.07, 6.45) is 0.398. The Bertz CT molecular complexity index is 867. The van der Waals surface area contributed by atoms with Crippen LogP contribution in [0.4, 0.5) is 5.88 Å². The summed E-state index contributed by atoms with van der Waals surface area (Å²) in [5.41, 5.74) is 1.83. The van der Waals surface area contributed by atoms with E-state index in [1.54, 1.807) is 18.2 Å². The number of hydrogen-bond acceptors (Lipinski definition) is 5. The van der Waals surface area contributed by atoms with Crippen molar-refractivity contribution in [2.24, 2.45) is 0 Å². The van der Waals surface area contributed by atoms with E-state index in [0.29, 0.717) is 22.8 Å². The van der Waals surface area contributed by atoms with Gasteiger partial charge < -0.3 is 9.26 Å². The largest absolute Gasteiger partial charge is 0.483 e. The third-order valence-electron chi connectivity index (χ3n) is 4.32. The Morgan fingerprint density at radius 2 is 2.15 bits per heavy atom. The number of nitrogens with zero attached hydrogens (tertiary/aromatic N) is 1. The minimum absolute atomic E-state index is 0.0181. The molecule has 0 fully saturated rings. The van der Waals surface area contributed by atoms with Gasteiger partial charge >= 0.3 is 0 Å². The Hall–Kier alpha value is -2.34. The highest BCUT2D eigenvalue weighted by atomic mass is 35.5. The summed E-state index contributed by atoms with van der Waals surface area (Å²) in [5, 5.41) is 7.09. The van der Waals surface area contributed by atoms with Crippen molar-refractivity contribution in [3.63, 3.8) is 0 Å². The van der Waals surface area contributed by atoms with E-state index in [2.05, 4.69) is 10.5 Å². The fourth-order valence-corrected chi connectivity index (χ4v) is 3.29. The number of hydrogen-bond donors (Lipinski definition) is 1. The van der Waals surface area contributed by atoms with E-state index < -0.39 is 5.91 Å². The van der Waals surface area contributed by atoms with Crippen LogP contribution in [0.5, 0.6) is 5.75 Å². The Kier molecular flexibility index (Phi) is 4.80. The highest BCUT2D eigenvalue weighted by Gasteiger charge is 2.32. The molecule has 2 aromatic rings. The molecule has 3 rings (SSSR count). The van der Waals surface area contributed by atoms with Crippen molar-refractivity contribution in [2.45, 2.75) is 45.4 Å². The molecule has 1 heterocycles. The summed E-state index contributed by atoms with van der Waals surface area (Å²) in [7, 11) is 0. The van der Waals surface area contributed by atoms with Crippen LogP contribution in [-0.2, 0) is 10.2 Å². The van der Waals surface area contributed by atoms with Gasteiger partial charge in [-0.15, -0.1) is 0 Å². The summed E-state index contributed by atoms with van der Waals surface area (Å²) < 4.78 is 10.7. The van der Waals surface area contributed by atoms with Gasteiger partial charge in [0, 0.05) is 22.9 Å². The lowest BCUT2D eigenvalue weighted by Gasteiger charge is -2.12. The van der Waals surface area contributed by atoms with Crippen LogP contribution in [0.2, 0.25) is 5.02 Å². The zero-order chi connectivity index (χ0) is 19.1. The molecule has 1 aliphatic rings. The summed E-state index contributed by atoms with van der Waals surface area (Å²) in [5.74, 6) is 0.267. The molecule has 1 N–H and O–H groups in total. The molecule has 6 nitrogen and oxygen atoms in total. The first-order chi connectivity index (χ1) is 12.2. The summed E-state index contributed by atoms with van der Waals surface area (Å²) in [6, 6.07) is 4.99. The van der Waals surface area contributed by atoms with Gasteiger partial charge in [0.15, 0.2) is 12.4 Å². The van der Waals surface area contributed by atoms with Gasteiger partial charge in [0.2, 0.25) is 5.88 Å². The van der Waals surface area contributed by atoms with Crippen LogP contribution in [0.25, 0.3) is 0 Å². The van der Waals surface area contributed by atoms with Crippen molar-refractivity contribution < 1.29 is 18.8 Å². The molecule has 26 heavy (non-hydrogen) atoms. The molecule has 138 valence electrons. The Balaban J connectivity index is 1.68. The molecule has 1 aromatic carbocycles. The standard InChI is InChI=1S/C19H21ClN2O4/c1-10-7-12(23)18-13(6-5-11(20)17(10)18)25-9-15(24)21-16-8-14(22-26-16)19(2,3)4/h5-6,8,10H,7,9H2,1-4H3,(H,21,24)/t10-/m1/s1. The molecule has 0 bridgehead atoms. The number of amides is 1. The quantitative estimate of drug-likeness (QED) is 0.858. The van der Waals surface area contributed by atoms with Crippen LogP contribution in [0.1, 0.15) is 61.6 Å². The van der Waals surface area contributed by atoms with E-state index in [9.17, 15) is 9.59 Å². The van der Waals surface area contributed by atoms with E-state index in [1.165, 1.54) is 0 Å². The Morgan fingerprint density at radius 1 is 1.42 bits per heavy atom. The predicted molar refractivity (Wildman–Crippen MR) is 98.1 cm³/mol. The molecule has 0 spiro atoms. The first kappa shape index (κ1) is 18.5. The monoisotopic (exact) mass is 376 g/mol. The number of aromatic nitrogens is 1. The topological polar surface area (TPSA) is 81.4 Å². The zero-order valence-electron chi connectivity index (χ0n) is 15.2. The van der Waals surface area contributed by atoms with Crippen molar-refractivity contribution >= 4 is 29.2 Å². The molecule has 0 unspecified atom stereocenters. The number of fused-ring (bicyclic) bond motifs is 1. The van der Waals surface area contributed by atoms with Crippen molar-refractivity contribution in [3.8, 4) is 5.75 Å². The number of halogens is 1. The van der Waals surface area contributed by atoms with Gasteiger partial charge in [0.1, 0.15) is 5.75 Å². The average Bonchev–Trinajstić information content (AvgIpc) is 3.12. The molecule has 7 heteroatoms. The lowest BCUT2D eigenvalue weighted by atomic mass is 9.92. The van der Waals surface area contributed by atoms with E-state index in [4.69, 9.17) is 20.9 Å². The van der Waals surface area contributed by atoms with Crippen LogP contribution in [0, 0.1) is 0 Å². The number of anilines is 1. The van der Waals surface area contributed by atoms with Crippen LogP contribution in [0.3, 0.4) is 0 Å². The van der Waals surface area contributed by atoms with Crippen LogP contribution in [0.15, 0.2) is 22.7 Å². The minimum atomic E-state index is -0.399. The van der Waals surface area contributed by atoms with Gasteiger partial charge in [0.25, 0.3) is 5.91 Å². The summed E-state index contributed by atoms with van der Waals surface area (Å²) >= 11 is 6.20. The number of carbonyl (C=O) groups is 2. The number of ether oxygens (including phenoxy) is 1. The van der Waals surface area contributed by atoms with Crippen LogP contribution < -0.4 is 10.1 Å². The number of carbonyl (C=O) groups excluding carboxylic acids is 2. The third-order valence-corrected chi connectivity index (χ3v) is 4.65. The molecule has 0 aliphatic heterocycles. The van der Waals surface area contributed by atoms with Gasteiger partial charge in [-0.25, -0.2) is 0 Å². The maximum Gasteiger partial charge on any atom is 0.264 e. The number of benzene rings is 1. The lowest BCUT2D eigenvalue weighted by molar-refractivity contribution is -0.118. The minimum Gasteiger partial charge on any atom is -0.483 e. The van der Waals surface area contributed by atoms with Crippen molar-refractivity contribution in [3.05, 3.63) is 40.0 Å². The lowest BCUT2D eigenvalue weighted by Crippen LogP contribution is -2.20. The molecule has 0 saturated carbocycles. The molecule has 1 atom stereocenters.